The number of carbonyl (C=O) groups excluding carboxylic acids is 1. The van der Waals surface area contributed by atoms with E-state index >= 15 is 0 Å². The van der Waals surface area contributed by atoms with Crippen LogP contribution in [0.3, 0.4) is 0 Å². The molecule has 0 saturated heterocycles. The molecule has 0 aliphatic rings. The van der Waals surface area contributed by atoms with Crippen molar-refractivity contribution < 1.29 is 24.2 Å². The number of aldehydes is 1. The summed E-state index contributed by atoms with van der Waals surface area (Å²) >= 11 is 0. The van der Waals surface area contributed by atoms with Crippen molar-refractivity contribution in [2.24, 2.45) is 0 Å². The van der Waals surface area contributed by atoms with Crippen LogP contribution in [0.4, 0.5) is 0 Å². The summed E-state index contributed by atoms with van der Waals surface area (Å²) in [5.41, 5.74) is 1.34. The lowest BCUT2D eigenvalue weighted by Gasteiger charge is -2.03. The van der Waals surface area contributed by atoms with Crippen molar-refractivity contribution in [3.8, 4) is 0 Å². The van der Waals surface area contributed by atoms with Crippen LogP contribution in [-0.4, -0.2) is 37.9 Å². The maximum Gasteiger partial charge on any atom is 0.335 e. The van der Waals surface area contributed by atoms with Crippen molar-refractivity contribution in [1.29, 1.82) is 0 Å². The van der Waals surface area contributed by atoms with E-state index in [1.165, 1.54) is 12.1 Å². The van der Waals surface area contributed by atoms with Crippen molar-refractivity contribution in [2.45, 2.75) is 20.1 Å². The molecule has 5 heteroatoms. The van der Waals surface area contributed by atoms with Gasteiger partial charge in [0.15, 0.2) is 6.29 Å². The first kappa shape index (κ1) is 16.3. The summed E-state index contributed by atoms with van der Waals surface area (Å²) in [5.74, 6) is -0.968. The summed E-state index contributed by atoms with van der Waals surface area (Å²) in [7, 11) is 3.21. The second kappa shape index (κ2) is 8.38. The van der Waals surface area contributed by atoms with Gasteiger partial charge in [0.05, 0.1) is 5.56 Å². The zero-order chi connectivity index (χ0) is 14.1. The molecule has 0 spiro atoms. The number of methoxy groups -OCH3 is 2. The minimum absolute atomic E-state index is 0.0648. The van der Waals surface area contributed by atoms with Gasteiger partial charge in [-0.2, -0.15) is 0 Å². The third-order valence-electron chi connectivity index (χ3n) is 2.28. The maximum atomic E-state index is 10.5. The van der Waals surface area contributed by atoms with E-state index in [1.54, 1.807) is 27.2 Å². The van der Waals surface area contributed by atoms with Crippen molar-refractivity contribution in [3.05, 3.63) is 34.9 Å². The molecule has 0 aliphatic heterocycles. The number of carboxylic acids is 1. The predicted molar refractivity (Wildman–Crippen MR) is 67.0 cm³/mol. The van der Waals surface area contributed by atoms with Crippen LogP contribution < -0.4 is 0 Å². The molecule has 1 N–H and O–H groups in total. The molecule has 1 aromatic rings. The molecule has 0 unspecified atom stereocenters. The van der Waals surface area contributed by atoms with Crippen LogP contribution in [0.5, 0.6) is 0 Å². The van der Waals surface area contributed by atoms with Gasteiger partial charge in [0.25, 0.3) is 0 Å². The highest BCUT2D eigenvalue weighted by atomic mass is 16.7. The number of hydrogen-bond donors (Lipinski definition) is 1. The van der Waals surface area contributed by atoms with E-state index in [0.29, 0.717) is 17.4 Å². The standard InChI is InChI=1S/C9H8O3.C4H10O2/c1-6-4-7(5-10)2-3-8(6)9(11)12;1-4(5-2)6-3/h2-5H,1H3,(H,11,12);4H,1-3H3. The van der Waals surface area contributed by atoms with Crippen LogP contribution in [0.15, 0.2) is 18.2 Å². The highest BCUT2D eigenvalue weighted by Crippen LogP contribution is 2.09. The first-order valence-electron chi connectivity index (χ1n) is 5.31. The Bertz CT molecular complexity index is 396. The van der Waals surface area contributed by atoms with E-state index in [1.807, 2.05) is 6.92 Å². The normalized spacial score (nSPS) is 9.61. The number of ether oxygens (including phenoxy) is 2. The number of aromatic carboxylic acids is 1. The second-order valence-corrected chi connectivity index (χ2v) is 3.54. The third-order valence-corrected chi connectivity index (χ3v) is 2.28. The van der Waals surface area contributed by atoms with Gasteiger partial charge in [0.2, 0.25) is 0 Å². The molecule has 5 nitrogen and oxygen atoms in total. The van der Waals surface area contributed by atoms with Crippen LogP contribution >= 0.6 is 0 Å². The Morgan fingerprint density at radius 2 is 1.89 bits per heavy atom. The molecule has 1 rings (SSSR count). The van der Waals surface area contributed by atoms with Crippen LogP contribution in [0.25, 0.3) is 0 Å². The van der Waals surface area contributed by atoms with Gasteiger partial charge >= 0.3 is 5.97 Å². The topological polar surface area (TPSA) is 72.8 Å². The van der Waals surface area contributed by atoms with Gasteiger partial charge in [0.1, 0.15) is 6.29 Å². The van der Waals surface area contributed by atoms with Crippen LogP contribution in [-0.2, 0) is 9.47 Å². The Morgan fingerprint density at radius 1 is 1.33 bits per heavy atom. The Balaban J connectivity index is 0.000000411. The molecule has 1 aromatic carbocycles. The molecule has 0 aliphatic carbocycles. The zero-order valence-corrected chi connectivity index (χ0v) is 11.0. The number of rotatable bonds is 4. The maximum absolute atomic E-state index is 10.5. The van der Waals surface area contributed by atoms with E-state index in [4.69, 9.17) is 5.11 Å². The fraction of sp³-hybridized carbons (Fsp3) is 0.385. The van der Waals surface area contributed by atoms with Gasteiger partial charge in [-0.3, -0.25) is 4.79 Å². The fourth-order valence-electron chi connectivity index (χ4n) is 1.10. The summed E-state index contributed by atoms with van der Waals surface area (Å²) in [4.78, 5) is 20.8. The average molecular weight is 254 g/mol. The van der Waals surface area contributed by atoms with Gasteiger partial charge in [-0.25, -0.2) is 4.79 Å². The SMILES string of the molecule is COC(C)OC.Cc1cc(C=O)ccc1C(=O)O. The Kier molecular flexibility index (Phi) is 7.58. The Morgan fingerprint density at radius 3 is 2.17 bits per heavy atom. The van der Waals surface area contributed by atoms with E-state index in [0.717, 1.165) is 0 Å². The molecular formula is C13H18O5. The molecule has 0 fully saturated rings. The van der Waals surface area contributed by atoms with Gasteiger partial charge in [0, 0.05) is 19.8 Å². The largest absolute Gasteiger partial charge is 0.478 e. The minimum Gasteiger partial charge on any atom is -0.478 e. The third kappa shape index (κ3) is 5.56. The Labute approximate surface area is 106 Å². The summed E-state index contributed by atoms with van der Waals surface area (Å²) < 4.78 is 9.35. The monoisotopic (exact) mass is 254 g/mol. The summed E-state index contributed by atoms with van der Waals surface area (Å²) in [6.45, 7) is 3.50. The lowest BCUT2D eigenvalue weighted by Crippen LogP contribution is -2.05. The second-order valence-electron chi connectivity index (χ2n) is 3.54. The first-order chi connectivity index (χ1) is 8.46. The van der Waals surface area contributed by atoms with Crippen LogP contribution in [0.1, 0.15) is 33.2 Å². The van der Waals surface area contributed by atoms with Gasteiger partial charge in [-0.15, -0.1) is 0 Å². The molecule has 0 radical (unpaired) electrons. The van der Waals surface area contributed by atoms with Crippen molar-refractivity contribution >= 4 is 12.3 Å². The molecule has 0 saturated carbocycles. The fourth-order valence-corrected chi connectivity index (χ4v) is 1.10. The van der Waals surface area contributed by atoms with Crippen molar-refractivity contribution in [1.82, 2.24) is 0 Å². The van der Waals surface area contributed by atoms with E-state index in [2.05, 4.69) is 9.47 Å². The van der Waals surface area contributed by atoms with Gasteiger partial charge in [-0.1, -0.05) is 6.07 Å². The van der Waals surface area contributed by atoms with Gasteiger partial charge in [-0.05, 0) is 31.5 Å². The number of aryl methyl sites for hydroxylation is 1. The number of carboxylic acid groups (broad SMARTS) is 1. The highest BCUT2D eigenvalue weighted by molar-refractivity contribution is 5.90. The molecular weight excluding hydrogens is 236 g/mol. The smallest absolute Gasteiger partial charge is 0.335 e. The molecule has 18 heavy (non-hydrogen) atoms. The predicted octanol–water partition coefficient (Wildman–Crippen LogP) is 2.13. The van der Waals surface area contributed by atoms with E-state index < -0.39 is 5.97 Å². The Hall–Kier alpha value is -1.72. The molecule has 0 atom stereocenters. The molecule has 100 valence electrons. The van der Waals surface area contributed by atoms with Crippen LogP contribution in [0, 0.1) is 6.92 Å². The summed E-state index contributed by atoms with van der Waals surface area (Å²) in [5, 5.41) is 8.64. The van der Waals surface area contributed by atoms with Crippen LogP contribution in [0.2, 0.25) is 0 Å². The molecule has 0 amide bonds. The number of benzene rings is 1. The lowest BCUT2D eigenvalue weighted by atomic mass is 10.1. The quantitative estimate of drug-likeness (QED) is 0.658. The number of carbonyl (C=O) groups is 2. The van der Waals surface area contributed by atoms with Crippen molar-refractivity contribution in [3.63, 3.8) is 0 Å². The summed E-state index contributed by atoms with van der Waals surface area (Å²) in [6, 6.07) is 4.47. The molecule has 0 aromatic heterocycles. The van der Waals surface area contributed by atoms with Crippen molar-refractivity contribution in [2.75, 3.05) is 14.2 Å². The summed E-state index contributed by atoms with van der Waals surface area (Å²) in [6.07, 6.45) is 0.628. The van der Waals surface area contributed by atoms with E-state index in [-0.39, 0.29) is 11.9 Å². The molecule has 0 heterocycles. The van der Waals surface area contributed by atoms with E-state index in [9.17, 15) is 9.59 Å². The highest BCUT2D eigenvalue weighted by Gasteiger charge is 2.05. The lowest BCUT2D eigenvalue weighted by molar-refractivity contribution is -0.0877. The number of hydrogen-bond acceptors (Lipinski definition) is 4. The molecule has 0 bridgehead atoms. The van der Waals surface area contributed by atoms with Gasteiger partial charge < -0.3 is 14.6 Å². The zero-order valence-electron chi connectivity index (χ0n) is 11.0. The minimum atomic E-state index is -0.968. The first-order valence-corrected chi connectivity index (χ1v) is 5.31. The average Bonchev–Trinajstić information content (AvgIpc) is 2.37.